The van der Waals surface area contributed by atoms with Crippen molar-refractivity contribution < 1.29 is 8.78 Å². The fraction of sp³-hybridized carbons (Fsp3) is 0.500. The van der Waals surface area contributed by atoms with Crippen LogP contribution in [-0.2, 0) is 0 Å². The molecule has 1 atom stereocenters. The zero-order valence-corrected chi connectivity index (χ0v) is 11.0. The Balaban J connectivity index is 1.92. The summed E-state index contributed by atoms with van der Waals surface area (Å²) in [5.41, 5.74) is 1.49. The molecule has 0 amide bonds. The first-order valence-corrected chi connectivity index (χ1v) is 7.05. The number of nitrogens with two attached hydrogens (primary N) is 1. The fourth-order valence-electron chi connectivity index (χ4n) is 2.57. The van der Waals surface area contributed by atoms with Gasteiger partial charge in [0.25, 0.3) is 0 Å². The van der Waals surface area contributed by atoms with Crippen LogP contribution in [-0.4, -0.2) is 20.9 Å². The molecule has 3 rings (SSSR count). The molecule has 2 heterocycles. The average molecular weight is 284 g/mol. The van der Waals surface area contributed by atoms with Crippen molar-refractivity contribution >= 4 is 23.0 Å². The minimum atomic E-state index is -2.57. The zero-order chi connectivity index (χ0) is 13.5. The number of aromatic nitrogens is 3. The number of halogens is 2. The standard InChI is InChI=1S/C12H14F2N4S/c13-12(14)3-1-2-7(5-12)11-17-8-4-10(19-15)16-6-9(8)18-11/h4,6-7H,1-3,5,15H2,(H,17,18)/t7-/m0/s1. The summed E-state index contributed by atoms with van der Waals surface area (Å²) < 4.78 is 26.9. The zero-order valence-electron chi connectivity index (χ0n) is 10.2. The first kappa shape index (κ1) is 12.8. The highest BCUT2D eigenvalue weighted by atomic mass is 32.2. The molecular formula is C12H14F2N4S. The van der Waals surface area contributed by atoms with Gasteiger partial charge in [-0.25, -0.2) is 18.7 Å². The summed E-state index contributed by atoms with van der Waals surface area (Å²) in [6.45, 7) is 0. The second-order valence-electron chi connectivity index (χ2n) is 4.93. The molecule has 0 spiro atoms. The van der Waals surface area contributed by atoms with Crippen LogP contribution < -0.4 is 5.14 Å². The van der Waals surface area contributed by atoms with Crippen molar-refractivity contribution in [3.8, 4) is 0 Å². The molecule has 1 fully saturated rings. The van der Waals surface area contributed by atoms with Gasteiger partial charge < -0.3 is 4.98 Å². The van der Waals surface area contributed by atoms with E-state index in [-0.39, 0.29) is 18.8 Å². The second kappa shape index (κ2) is 4.72. The Labute approximate surface area is 113 Å². The lowest BCUT2D eigenvalue weighted by Crippen LogP contribution is -2.25. The number of alkyl halides is 2. The molecule has 0 bridgehead atoms. The van der Waals surface area contributed by atoms with Gasteiger partial charge in [0.2, 0.25) is 5.92 Å². The Morgan fingerprint density at radius 1 is 1.47 bits per heavy atom. The van der Waals surface area contributed by atoms with Crippen LogP contribution in [0.15, 0.2) is 17.3 Å². The van der Waals surface area contributed by atoms with Crippen LogP contribution in [0.25, 0.3) is 11.0 Å². The lowest BCUT2D eigenvalue weighted by molar-refractivity contribution is -0.0416. The molecule has 1 aliphatic rings. The van der Waals surface area contributed by atoms with E-state index in [4.69, 9.17) is 5.14 Å². The van der Waals surface area contributed by atoms with Crippen molar-refractivity contribution in [1.29, 1.82) is 0 Å². The van der Waals surface area contributed by atoms with Crippen LogP contribution in [0.4, 0.5) is 8.78 Å². The summed E-state index contributed by atoms with van der Waals surface area (Å²) in [6.07, 6.45) is 2.79. The number of nitrogens with one attached hydrogen (secondary N) is 1. The van der Waals surface area contributed by atoms with Gasteiger partial charge in [-0.2, -0.15) is 0 Å². The Morgan fingerprint density at radius 3 is 3.05 bits per heavy atom. The highest BCUT2D eigenvalue weighted by Gasteiger charge is 2.37. The van der Waals surface area contributed by atoms with Crippen LogP contribution in [0.1, 0.15) is 37.4 Å². The molecule has 0 aromatic carbocycles. The van der Waals surface area contributed by atoms with E-state index in [9.17, 15) is 8.78 Å². The van der Waals surface area contributed by atoms with Gasteiger partial charge in [-0.1, -0.05) is 0 Å². The first-order valence-electron chi connectivity index (χ1n) is 6.18. The lowest BCUT2D eigenvalue weighted by Gasteiger charge is -2.27. The molecule has 7 heteroatoms. The summed E-state index contributed by atoms with van der Waals surface area (Å²) in [4.78, 5) is 11.6. The SMILES string of the molecule is NSc1cc2nc([C@H]3CCCC(F)(F)C3)[nH]c2cn1. The van der Waals surface area contributed by atoms with E-state index in [0.29, 0.717) is 17.3 Å². The first-order chi connectivity index (χ1) is 9.07. The number of nitrogens with zero attached hydrogens (tertiary/aromatic N) is 2. The molecule has 1 aliphatic carbocycles. The monoisotopic (exact) mass is 284 g/mol. The summed E-state index contributed by atoms with van der Waals surface area (Å²) in [6, 6.07) is 1.76. The maximum Gasteiger partial charge on any atom is 0.248 e. The molecule has 19 heavy (non-hydrogen) atoms. The fourth-order valence-corrected chi connectivity index (χ4v) is 2.87. The molecule has 3 N–H and O–H groups in total. The minimum Gasteiger partial charge on any atom is -0.340 e. The third kappa shape index (κ3) is 2.57. The van der Waals surface area contributed by atoms with Gasteiger partial charge >= 0.3 is 0 Å². The average Bonchev–Trinajstić information content (AvgIpc) is 2.80. The summed E-state index contributed by atoms with van der Waals surface area (Å²) >= 11 is 1.04. The van der Waals surface area contributed by atoms with Gasteiger partial charge in [-0.3, -0.25) is 5.14 Å². The van der Waals surface area contributed by atoms with Gasteiger partial charge in [0.1, 0.15) is 10.9 Å². The maximum absolute atomic E-state index is 13.4. The molecule has 2 aromatic rings. The number of pyridine rings is 1. The van der Waals surface area contributed by atoms with Crippen molar-refractivity contribution in [2.75, 3.05) is 0 Å². The number of hydrogen-bond acceptors (Lipinski definition) is 4. The highest BCUT2D eigenvalue weighted by Crippen LogP contribution is 2.41. The summed E-state index contributed by atoms with van der Waals surface area (Å²) in [5.74, 6) is -2.14. The normalized spacial score (nSPS) is 22.8. The smallest absolute Gasteiger partial charge is 0.248 e. The Morgan fingerprint density at radius 2 is 2.32 bits per heavy atom. The second-order valence-corrected chi connectivity index (χ2v) is 5.58. The van der Waals surface area contributed by atoms with Crippen molar-refractivity contribution in [3.63, 3.8) is 0 Å². The summed E-state index contributed by atoms with van der Waals surface area (Å²) in [5, 5.41) is 6.11. The summed E-state index contributed by atoms with van der Waals surface area (Å²) in [7, 11) is 0. The Hall–Kier alpha value is -1.21. The van der Waals surface area contributed by atoms with Crippen LogP contribution in [0.3, 0.4) is 0 Å². The molecule has 0 aliphatic heterocycles. The van der Waals surface area contributed by atoms with Gasteiger partial charge in [0.15, 0.2) is 0 Å². The highest BCUT2D eigenvalue weighted by molar-refractivity contribution is 7.97. The van der Waals surface area contributed by atoms with E-state index in [1.165, 1.54) is 0 Å². The Kier molecular flexibility index (Phi) is 3.18. The predicted octanol–water partition coefficient (Wildman–Crippen LogP) is 3.22. The van der Waals surface area contributed by atoms with E-state index < -0.39 is 5.92 Å². The molecule has 102 valence electrons. The van der Waals surface area contributed by atoms with Gasteiger partial charge in [0.05, 0.1) is 17.2 Å². The van der Waals surface area contributed by atoms with Crippen LogP contribution in [0, 0.1) is 0 Å². The lowest BCUT2D eigenvalue weighted by atomic mass is 9.86. The molecule has 4 nitrogen and oxygen atoms in total. The molecule has 0 radical (unpaired) electrons. The van der Waals surface area contributed by atoms with Crippen LogP contribution in [0.5, 0.6) is 0 Å². The third-order valence-corrected chi connectivity index (χ3v) is 3.97. The number of hydrogen-bond donors (Lipinski definition) is 2. The predicted molar refractivity (Wildman–Crippen MR) is 70.1 cm³/mol. The quantitative estimate of drug-likeness (QED) is 0.831. The molecule has 0 unspecified atom stereocenters. The minimum absolute atomic E-state index is 0.0146. The van der Waals surface area contributed by atoms with Crippen molar-refractivity contribution in [2.24, 2.45) is 5.14 Å². The van der Waals surface area contributed by atoms with E-state index in [0.717, 1.165) is 29.4 Å². The molecule has 0 saturated heterocycles. The van der Waals surface area contributed by atoms with Gasteiger partial charge in [-0.05, 0) is 30.9 Å². The molecular weight excluding hydrogens is 270 g/mol. The maximum atomic E-state index is 13.4. The largest absolute Gasteiger partial charge is 0.340 e. The van der Waals surface area contributed by atoms with Gasteiger partial charge in [0, 0.05) is 18.8 Å². The number of imidazole rings is 1. The van der Waals surface area contributed by atoms with Crippen molar-refractivity contribution in [3.05, 3.63) is 18.1 Å². The molecule has 1 saturated carbocycles. The number of rotatable bonds is 2. The number of aromatic amines is 1. The Bertz CT molecular complexity index is 598. The number of H-pyrrole nitrogens is 1. The van der Waals surface area contributed by atoms with Crippen molar-refractivity contribution in [1.82, 2.24) is 15.0 Å². The van der Waals surface area contributed by atoms with E-state index in [1.54, 1.807) is 12.3 Å². The van der Waals surface area contributed by atoms with Crippen LogP contribution in [0.2, 0.25) is 0 Å². The van der Waals surface area contributed by atoms with Gasteiger partial charge in [-0.15, -0.1) is 0 Å². The van der Waals surface area contributed by atoms with E-state index in [2.05, 4.69) is 15.0 Å². The third-order valence-electron chi connectivity index (χ3n) is 3.51. The van der Waals surface area contributed by atoms with Crippen LogP contribution >= 0.6 is 11.9 Å². The number of fused-ring (bicyclic) bond motifs is 1. The topological polar surface area (TPSA) is 67.6 Å². The van der Waals surface area contributed by atoms with E-state index >= 15 is 0 Å². The molecule has 2 aromatic heterocycles. The van der Waals surface area contributed by atoms with Crippen molar-refractivity contribution in [2.45, 2.75) is 42.5 Å². The van der Waals surface area contributed by atoms with E-state index in [1.807, 2.05) is 0 Å².